The van der Waals surface area contributed by atoms with Crippen LogP contribution in [0.1, 0.15) is 18.9 Å². The van der Waals surface area contributed by atoms with Gasteiger partial charge in [-0.3, -0.25) is 4.21 Å². The van der Waals surface area contributed by atoms with Crippen molar-refractivity contribution in [2.45, 2.75) is 32.1 Å². The van der Waals surface area contributed by atoms with Crippen LogP contribution in [-0.4, -0.2) is 35.9 Å². The molecular formula is C13H19N5OS. The summed E-state index contributed by atoms with van der Waals surface area (Å²) in [7, 11) is -0.832. The van der Waals surface area contributed by atoms with Crippen LogP contribution in [0.5, 0.6) is 0 Å². The number of hydrogen-bond acceptors (Lipinski definition) is 5. The molecular weight excluding hydrogens is 274 g/mol. The number of benzene rings is 1. The number of aryl methyl sites for hydroxylation is 2. The van der Waals surface area contributed by atoms with E-state index in [1.54, 1.807) is 10.9 Å². The zero-order valence-electron chi connectivity index (χ0n) is 11.9. The molecule has 108 valence electrons. The second-order valence-electron chi connectivity index (χ2n) is 4.89. The summed E-state index contributed by atoms with van der Waals surface area (Å²) >= 11 is 0. The van der Waals surface area contributed by atoms with Gasteiger partial charge < -0.3 is 5.73 Å². The van der Waals surface area contributed by atoms with Gasteiger partial charge in [0.05, 0.1) is 0 Å². The van der Waals surface area contributed by atoms with Crippen LogP contribution < -0.4 is 5.73 Å². The third-order valence-corrected chi connectivity index (χ3v) is 4.75. The van der Waals surface area contributed by atoms with E-state index in [-0.39, 0.29) is 5.25 Å². The van der Waals surface area contributed by atoms with Crippen LogP contribution in [0.15, 0.2) is 18.2 Å². The molecule has 2 atom stereocenters. The summed E-state index contributed by atoms with van der Waals surface area (Å²) in [4.78, 5) is 0. The predicted octanol–water partition coefficient (Wildman–Crippen LogP) is 1.39. The molecule has 2 aromatic rings. The number of nitrogens with zero attached hydrogens (tertiary/aromatic N) is 4. The van der Waals surface area contributed by atoms with Crippen molar-refractivity contribution in [3.63, 3.8) is 0 Å². The summed E-state index contributed by atoms with van der Waals surface area (Å²) in [6.07, 6.45) is 2.48. The highest BCUT2D eigenvalue weighted by Gasteiger charge is 2.12. The molecule has 6 nitrogen and oxygen atoms in total. The Morgan fingerprint density at radius 1 is 1.45 bits per heavy atom. The molecule has 0 bridgehead atoms. The van der Waals surface area contributed by atoms with Gasteiger partial charge in [0.25, 0.3) is 0 Å². The van der Waals surface area contributed by atoms with Crippen molar-refractivity contribution in [2.24, 2.45) is 0 Å². The standard InChI is InChI=1S/C13H19N5OS/c1-9-4-5-11(8-12(9)14)13-15-16-17-18(13)7-6-10(2)20(3)19/h4-5,8,10H,6-7,14H2,1-3H3. The minimum Gasteiger partial charge on any atom is -0.398 e. The van der Waals surface area contributed by atoms with Gasteiger partial charge >= 0.3 is 0 Å². The Hall–Kier alpha value is -1.76. The molecule has 1 heterocycles. The first-order valence-corrected chi connectivity index (χ1v) is 8.06. The Balaban J connectivity index is 2.19. The lowest BCUT2D eigenvalue weighted by Crippen LogP contribution is -2.14. The highest BCUT2D eigenvalue weighted by molar-refractivity contribution is 7.84. The van der Waals surface area contributed by atoms with Gasteiger partial charge in [0, 0.05) is 40.1 Å². The van der Waals surface area contributed by atoms with Gasteiger partial charge in [0.1, 0.15) is 0 Å². The molecule has 1 aromatic heterocycles. The first-order chi connectivity index (χ1) is 9.49. The third-order valence-electron chi connectivity index (χ3n) is 3.38. The summed E-state index contributed by atoms with van der Waals surface area (Å²) < 4.78 is 13.1. The molecule has 0 saturated heterocycles. The quantitative estimate of drug-likeness (QED) is 0.842. The highest BCUT2D eigenvalue weighted by Crippen LogP contribution is 2.21. The first-order valence-electron chi connectivity index (χ1n) is 6.44. The second kappa shape index (κ2) is 6.13. The molecule has 0 aliphatic carbocycles. The summed E-state index contributed by atoms with van der Waals surface area (Å²) in [5.74, 6) is 0.686. The lowest BCUT2D eigenvalue weighted by Gasteiger charge is -2.09. The summed E-state index contributed by atoms with van der Waals surface area (Å²) in [6, 6.07) is 5.78. The molecule has 2 N–H and O–H groups in total. The van der Waals surface area contributed by atoms with Gasteiger partial charge in [-0.25, -0.2) is 4.68 Å². The maximum atomic E-state index is 11.4. The van der Waals surface area contributed by atoms with E-state index in [1.807, 2.05) is 32.0 Å². The Kier molecular flexibility index (Phi) is 4.49. The zero-order valence-corrected chi connectivity index (χ0v) is 12.7. The Bertz CT molecular complexity index is 625. The van der Waals surface area contributed by atoms with Crippen molar-refractivity contribution in [1.29, 1.82) is 0 Å². The SMILES string of the molecule is Cc1ccc(-c2nnnn2CCC(C)S(C)=O)cc1N. The van der Waals surface area contributed by atoms with E-state index in [0.717, 1.165) is 23.2 Å². The lowest BCUT2D eigenvalue weighted by atomic mass is 10.1. The van der Waals surface area contributed by atoms with Gasteiger partial charge in [-0.05, 0) is 35.4 Å². The van der Waals surface area contributed by atoms with Gasteiger partial charge in [-0.1, -0.05) is 19.1 Å². The Morgan fingerprint density at radius 2 is 2.20 bits per heavy atom. The molecule has 0 radical (unpaired) electrons. The first kappa shape index (κ1) is 14.6. The van der Waals surface area contributed by atoms with Crippen LogP contribution in [0.2, 0.25) is 0 Å². The fourth-order valence-electron chi connectivity index (χ4n) is 1.81. The minimum absolute atomic E-state index is 0.120. The van der Waals surface area contributed by atoms with E-state index in [4.69, 9.17) is 5.73 Å². The topological polar surface area (TPSA) is 86.7 Å². The number of anilines is 1. The zero-order chi connectivity index (χ0) is 14.7. The molecule has 0 spiro atoms. The molecule has 20 heavy (non-hydrogen) atoms. The van der Waals surface area contributed by atoms with Crippen molar-refractivity contribution in [3.05, 3.63) is 23.8 Å². The van der Waals surface area contributed by atoms with E-state index >= 15 is 0 Å². The molecule has 0 amide bonds. The molecule has 2 unspecified atom stereocenters. The third kappa shape index (κ3) is 3.22. The van der Waals surface area contributed by atoms with E-state index in [1.165, 1.54) is 0 Å². The average Bonchev–Trinajstić information content (AvgIpc) is 2.87. The predicted molar refractivity (Wildman–Crippen MR) is 80.5 cm³/mol. The van der Waals surface area contributed by atoms with E-state index in [9.17, 15) is 4.21 Å². The molecule has 0 saturated carbocycles. The Labute approximate surface area is 120 Å². The van der Waals surface area contributed by atoms with Crippen LogP contribution in [0.25, 0.3) is 11.4 Å². The van der Waals surface area contributed by atoms with Crippen molar-refractivity contribution in [2.75, 3.05) is 12.0 Å². The summed E-state index contributed by atoms with van der Waals surface area (Å²) in [5, 5.41) is 11.9. The molecule has 0 aliphatic rings. The highest BCUT2D eigenvalue weighted by atomic mass is 32.2. The van der Waals surface area contributed by atoms with Gasteiger partial charge in [0.15, 0.2) is 5.82 Å². The monoisotopic (exact) mass is 293 g/mol. The molecule has 1 aromatic carbocycles. The van der Waals surface area contributed by atoms with Gasteiger partial charge in [-0.2, -0.15) is 0 Å². The van der Waals surface area contributed by atoms with Crippen molar-refractivity contribution in [3.8, 4) is 11.4 Å². The van der Waals surface area contributed by atoms with Crippen LogP contribution in [-0.2, 0) is 17.3 Å². The van der Waals surface area contributed by atoms with E-state index in [2.05, 4.69) is 15.5 Å². The second-order valence-corrected chi connectivity index (χ2v) is 6.70. The summed E-state index contributed by atoms with van der Waals surface area (Å²) in [6.45, 7) is 4.56. The van der Waals surface area contributed by atoms with Crippen molar-refractivity contribution < 1.29 is 4.21 Å². The van der Waals surface area contributed by atoms with Crippen LogP contribution in [0, 0.1) is 6.92 Å². The number of aromatic nitrogens is 4. The van der Waals surface area contributed by atoms with E-state index in [0.29, 0.717) is 12.4 Å². The molecule has 0 aliphatic heterocycles. The fraction of sp³-hybridized carbons (Fsp3) is 0.462. The van der Waals surface area contributed by atoms with Gasteiger partial charge in [0.2, 0.25) is 0 Å². The maximum absolute atomic E-state index is 11.4. The fourth-order valence-corrected chi connectivity index (χ4v) is 2.25. The van der Waals surface area contributed by atoms with Gasteiger partial charge in [-0.15, -0.1) is 5.10 Å². The van der Waals surface area contributed by atoms with Crippen LogP contribution in [0.3, 0.4) is 0 Å². The van der Waals surface area contributed by atoms with Crippen molar-refractivity contribution >= 4 is 16.5 Å². The number of hydrogen-bond donors (Lipinski definition) is 1. The number of nitrogen functional groups attached to an aromatic ring is 1. The van der Waals surface area contributed by atoms with Crippen LogP contribution in [0.4, 0.5) is 5.69 Å². The molecule has 2 rings (SSSR count). The molecule has 0 fully saturated rings. The smallest absolute Gasteiger partial charge is 0.182 e. The maximum Gasteiger partial charge on any atom is 0.182 e. The minimum atomic E-state index is -0.832. The average molecular weight is 293 g/mol. The number of tetrazole rings is 1. The largest absolute Gasteiger partial charge is 0.398 e. The number of rotatable bonds is 5. The lowest BCUT2D eigenvalue weighted by molar-refractivity contribution is 0.556. The van der Waals surface area contributed by atoms with Crippen LogP contribution >= 0.6 is 0 Å². The number of nitrogens with two attached hydrogens (primary N) is 1. The normalized spacial score (nSPS) is 14.2. The Morgan fingerprint density at radius 3 is 2.85 bits per heavy atom. The summed E-state index contributed by atoms with van der Waals surface area (Å²) in [5.41, 5.74) is 8.57. The van der Waals surface area contributed by atoms with Crippen molar-refractivity contribution in [1.82, 2.24) is 20.2 Å². The van der Waals surface area contributed by atoms with E-state index < -0.39 is 10.8 Å². The molecule has 7 heteroatoms.